The fourth-order valence-corrected chi connectivity index (χ4v) is 6.31. The van der Waals surface area contributed by atoms with Crippen molar-refractivity contribution in [1.29, 1.82) is 0 Å². The Balaban J connectivity index is 1.26. The SMILES string of the molecule is O=C(CCCCC(=O)NCc1cccc(-c2cccc([C@H]3O[C@@H](CSc4ccccc4)C[C@@H](c4ccc(CO)cc4)O3)c2)c1)NO. The minimum Gasteiger partial charge on any atom is -0.392 e. The Bertz CT molecular complexity index is 1570. The van der Waals surface area contributed by atoms with Gasteiger partial charge in [0.05, 0.1) is 18.8 Å². The number of benzene rings is 4. The van der Waals surface area contributed by atoms with Gasteiger partial charge in [-0.2, -0.15) is 0 Å². The topological polar surface area (TPSA) is 117 Å². The van der Waals surface area contributed by atoms with Gasteiger partial charge in [0.1, 0.15) is 0 Å². The first kappa shape index (κ1) is 33.4. The lowest BCUT2D eigenvalue weighted by molar-refractivity contribution is -0.245. The first-order valence-corrected chi connectivity index (χ1v) is 16.6. The molecule has 0 bridgehead atoms. The lowest BCUT2D eigenvalue weighted by Gasteiger charge is -2.36. The third-order valence-electron chi connectivity index (χ3n) is 7.89. The van der Waals surface area contributed by atoms with E-state index >= 15 is 0 Å². The van der Waals surface area contributed by atoms with Crippen LogP contribution in [0.15, 0.2) is 108 Å². The molecule has 240 valence electrons. The number of nitrogens with one attached hydrogen (secondary N) is 2. The summed E-state index contributed by atoms with van der Waals surface area (Å²) in [4.78, 5) is 24.6. The molecule has 46 heavy (non-hydrogen) atoms. The molecule has 3 atom stereocenters. The number of unbranched alkanes of at least 4 members (excludes halogenated alkanes) is 1. The molecule has 4 aromatic rings. The van der Waals surface area contributed by atoms with Gasteiger partial charge in [-0.3, -0.25) is 14.8 Å². The molecule has 5 rings (SSSR count). The van der Waals surface area contributed by atoms with Crippen molar-refractivity contribution in [1.82, 2.24) is 10.8 Å². The zero-order valence-corrected chi connectivity index (χ0v) is 26.5. The highest BCUT2D eigenvalue weighted by molar-refractivity contribution is 7.99. The molecule has 8 nitrogen and oxygen atoms in total. The molecule has 0 aliphatic carbocycles. The number of hydrogen-bond acceptors (Lipinski definition) is 7. The number of aliphatic hydroxyl groups excluding tert-OH is 1. The molecular weight excluding hydrogens is 600 g/mol. The quantitative estimate of drug-likeness (QED) is 0.0515. The number of thioether (sulfide) groups is 1. The predicted octanol–water partition coefficient (Wildman–Crippen LogP) is 6.87. The van der Waals surface area contributed by atoms with Crippen molar-refractivity contribution in [2.24, 2.45) is 0 Å². The van der Waals surface area contributed by atoms with Gasteiger partial charge in [0, 0.05) is 42.0 Å². The molecule has 0 unspecified atom stereocenters. The van der Waals surface area contributed by atoms with Gasteiger partial charge in [0.2, 0.25) is 11.8 Å². The van der Waals surface area contributed by atoms with E-state index in [0.29, 0.717) is 25.8 Å². The Morgan fingerprint density at radius 1 is 0.761 bits per heavy atom. The highest BCUT2D eigenvalue weighted by atomic mass is 32.2. The van der Waals surface area contributed by atoms with E-state index in [-0.39, 0.29) is 31.1 Å². The fourth-order valence-electron chi connectivity index (χ4n) is 5.37. The number of aliphatic hydroxyl groups is 1. The molecule has 0 aromatic heterocycles. The second-order valence-electron chi connectivity index (χ2n) is 11.3. The maximum atomic E-state index is 12.3. The molecule has 2 amide bonds. The van der Waals surface area contributed by atoms with E-state index in [2.05, 4.69) is 35.6 Å². The number of carbonyl (C=O) groups excluding carboxylic acids is 2. The zero-order chi connectivity index (χ0) is 32.1. The zero-order valence-electron chi connectivity index (χ0n) is 25.6. The molecule has 1 saturated heterocycles. The van der Waals surface area contributed by atoms with E-state index < -0.39 is 12.2 Å². The third-order valence-corrected chi connectivity index (χ3v) is 9.03. The lowest BCUT2D eigenvalue weighted by Crippen LogP contribution is -2.31. The molecule has 0 radical (unpaired) electrons. The highest BCUT2D eigenvalue weighted by Gasteiger charge is 2.32. The van der Waals surface area contributed by atoms with Crippen LogP contribution >= 0.6 is 11.8 Å². The smallest absolute Gasteiger partial charge is 0.243 e. The number of rotatable bonds is 14. The summed E-state index contributed by atoms with van der Waals surface area (Å²) >= 11 is 1.77. The second-order valence-corrected chi connectivity index (χ2v) is 12.4. The summed E-state index contributed by atoms with van der Waals surface area (Å²) in [6, 6.07) is 34.5. The number of hydrogen-bond donors (Lipinski definition) is 4. The summed E-state index contributed by atoms with van der Waals surface area (Å²) in [6.07, 6.45) is 1.58. The molecule has 0 spiro atoms. The number of ether oxygens (including phenoxy) is 2. The fraction of sp³-hybridized carbons (Fsp3) is 0.297. The Labute approximate surface area is 274 Å². The van der Waals surface area contributed by atoms with Crippen LogP contribution < -0.4 is 10.8 Å². The van der Waals surface area contributed by atoms with Crippen LogP contribution in [0.2, 0.25) is 0 Å². The Morgan fingerprint density at radius 3 is 2.22 bits per heavy atom. The maximum Gasteiger partial charge on any atom is 0.243 e. The molecule has 1 heterocycles. The van der Waals surface area contributed by atoms with Crippen molar-refractivity contribution < 1.29 is 29.4 Å². The minimum atomic E-state index is -0.552. The van der Waals surface area contributed by atoms with Gasteiger partial charge in [-0.25, -0.2) is 5.48 Å². The Morgan fingerprint density at radius 2 is 1.48 bits per heavy atom. The largest absolute Gasteiger partial charge is 0.392 e. The lowest BCUT2D eigenvalue weighted by atomic mass is 9.99. The van der Waals surface area contributed by atoms with Crippen molar-refractivity contribution in [2.45, 2.75) is 68.6 Å². The van der Waals surface area contributed by atoms with Gasteiger partial charge in [-0.05, 0) is 64.9 Å². The van der Waals surface area contributed by atoms with E-state index in [0.717, 1.165) is 45.6 Å². The van der Waals surface area contributed by atoms with Gasteiger partial charge in [0.25, 0.3) is 0 Å². The normalized spacial score (nSPS) is 17.7. The summed E-state index contributed by atoms with van der Waals surface area (Å²) in [5, 5.41) is 21.0. The van der Waals surface area contributed by atoms with Gasteiger partial charge in [-0.15, -0.1) is 11.8 Å². The summed E-state index contributed by atoms with van der Waals surface area (Å²) in [5.74, 6) is 0.266. The molecular formula is C37H40N2O6S. The van der Waals surface area contributed by atoms with Crippen molar-refractivity contribution in [3.63, 3.8) is 0 Å². The van der Waals surface area contributed by atoms with Gasteiger partial charge < -0.3 is 19.9 Å². The van der Waals surface area contributed by atoms with Crippen LogP contribution in [0.4, 0.5) is 0 Å². The molecule has 1 aliphatic rings. The summed E-state index contributed by atoms with van der Waals surface area (Å²) in [5.41, 5.74) is 7.47. The van der Waals surface area contributed by atoms with Crippen LogP contribution in [0.3, 0.4) is 0 Å². The summed E-state index contributed by atoms with van der Waals surface area (Å²) in [6.45, 7) is 0.400. The van der Waals surface area contributed by atoms with E-state index in [1.165, 1.54) is 4.90 Å². The van der Waals surface area contributed by atoms with Crippen molar-refractivity contribution in [3.8, 4) is 11.1 Å². The first-order chi connectivity index (χ1) is 22.5. The monoisotopic (exact) mass is 640 g/mol. The van der Waals surface area contributed by atoms with E-state index in [9.17, 15) is 14.7 Å². The molecule has 4 N–H and O–H groups in total. The Hall–Kier alpha value is -3.99. The second kappa shape index (κ2) is 17.1. The predicted molar refractivity (Wildman–Crippen MR) is 178 cm³/mol. The highest BCUT2D eigenvalue weighted by Crippen LogP contribution is 2.40. The van der Waals surface area contributed by atoms with Crippen LogP contribution in [0.25, 0.3) is 11.1 Å². The van der Waals surface area contributed by atoms with Crippen LogP contribution in [-0.2, 0) is 32.2 Å². The van der Waals surface area contributed by atoms with Gasteiger partial charge >= 0.3 is 0 Å². The van der Waals surface area contributed by atoms with Gasteiger partial charge in [-0.1, -0.05) is 78.9 Å². The maximum absolute atomic E-state index is 12.3. The molecule has 0 saturated carbocycles. The summed E-state index contributed by atoms with van der Waals surface area (Å²) in [7, 11) is 0. The number of amides is 2. The van der Waals surface area contributed by atoms with E-state index in [4.69, 9.17) is 14.7 Å². The van der Waals surface area contributed by atoms with Crippen LogP contribution in [0.1, 0.15) is 66.8 Å². The van der Waals surface area contributed by atoms with Crippen LogP contribution in [-0.4, -0.2) is 34.0 Å². The standard InChI is InChI=1S/C37H40N2O6S/c40-24-26-16-18-28(19-17-26)34-22-32(25-46-33-12-2-1-3-13-33)44-37(45-34)31-11-7-10-30(21-31)29-9-6-8-27(20-29)23-38-35(41)14-4-5-15-36(42)39-43/h1-3,6-13,16-21,32,34,37,40,43H,4-5,14-15,22-25H2,(H,38,41)(H,39,42)/t32-,34+,37+/m1/s1. The molecule has 1 aliphatic heterocycles. The number of hydroxylamine groups is 1. The Kier molecular flexibility index (Phi) is 12.4. The number of carbonyl (C=O) groups is 2. The van der Waals surface area contributed by atoms with Crippen LogP contribution in [0, 0.1) is 0 Å². The van der Waals surface area contributed by atoms with Gasteiger partial charge in [0.15, 0.2) is 6.29 Å². The van der Waals surface area contributed by atoms with E-state index in [1.807, 2.05) is 72.8 Å². The minimum absolute atomic E-state index is 0.00162. The van der Waals surface area contributed by atoms with Crippen LogP contribution in [0.5, 0.6) is 0 Å². The summed E-state index contributed by atoms with van der Waals surface area (Å²) < 4.78 is 13.1. The first-order valence-electron chi connectivity index (χ1n) is 15.6. The average molecular weight is 641 g/mol. The van der Waals surface area contributed by atoms with E-state index in [1.54, 1.807) is 17.2 Å². The average Bonchev–Trinajstić information content (AvgIpc) is 3.12. The molecule has 1 fully saturated rings. The van der Waals surface area contributed by atoms with Crippen molar-refractivity contribution in [3.05, 3.63) is 125 Å². The van der Waals surface area contributed by atoms with Crippen molar-refractivity contribution >= 4 is 23.6 Å². The molecule has 9 heteroatoms. The molecule has 4 aromatic carbocycles. The third kappa shape index (κ3) is 9.75. The van der Waals surface area contributed by atoms with Crippen molar-refractivity contribution in [2.75, 3.05) is 5.75 Å².